The van der Waals surface area contributed by atoms with Gasteiger partial charge in [-0.15, -0.1) is 0 Å². The van der Waals surface area contributed by atoms with E-state index in [9.17, 15) is 9.00 Å². The van der Waals surface area contributed by atoms with E-state index in [1.807, 2.05) is 25.1 Å². The molecule has 0 saturated heterocycles. The fraction of sp³-hybridized carbons (Fsp3) is 0.500. The van der Waals surface area contributed by atoms with Gasteiger partial charge < -0.3 is 4.74 Å². The quantitative estimate of drug-likeness (QED) is 0.726. The van der Waals surface area contributed by atoms with Crippen LogP contribution < -0.4 is 0 Å². The molecule has 0 saturated carbocycles. The predicted molar refractivity (Wildman–Crippen MR) is 78.6 cm³/mol. The van der Waals surface area contributed by atoms with Crippen LogP contribution in [-0.4, -0.2) is 22.0 Å². The molecule has 106 valence electrons. The molecule has 19 heavy (non-hydrogen) atoms. The van der Waals surface area contributed by atoms with Crippen molar-refractivity contribution < 1.29 is 13.7 Å². The van der Waals surface area contributed by atoms with Crippen LogP contribution in [0.5, 0.6) is 0 Å². The van der Waals surface area contributed by atoms with Gasteiger partial charge in [-0.05, 0) is 25.0 Å². The van der Waals surface area contributed by atoms with Crippen LogP contribution in [0.2, 0.25) is 5.02 Å². The van der Waals surface area contributed by atoms with Gasteiger partial charge in [-0.3, -0.25) is 9.00 Å². The summed E-state index contributed by atoms with van der Waals surface area (Å²) in [5.74, 6) is -0.0990. The minimum atomic E-state index is -1.31. The Morgan fingerprint density at radius 2 is 2.05 bits per heavy atom. The summed E-state index contributed by atoms with van der Waals surface area (Å²) in [6.45, 7) is 4.01. The van der Waals surface area contributed by atoms with E-state index in [1.165, 1.54) is 0 Å². The Bertz CT molecular complexity index is 448. The van der Waals surface area contributed by atoms with Gasteiger partial charge in [-0.2, -0.15) is 0 Å². The standard InChI is InChI=1S/C14H19ClO3S/c1-3-7-13(14(16)18-4-2)19(17)10-11-8-5-6-9-12(11)15/h5-6,8-9,13H,3-4,7,10H2,1-2H3. The largest absolute Gasteiger partial charge is 0.465 e. The molecule has 2 unspecified atom stereocenters. The lowest BCUT2D eigenvalue weighted by atomic mass is 10.2. The smallest absolute Gasteiger partial charge is 0.321 e. The monoisotopic (exact) mass is 302 g/mol. The Morgan fingerprint density at radius 3 is 2.63 bits per heavy atom. The number of ether oxygens (including phenoxy) is 1. The molecule has 3 nitrogen and oxygen atoms in total. The maximum absolute atomic E-state index is 12.3. The zero-order valence-corrected chi connectivity index (χ0v) is 12.8. The van der Waals surface area contributed by atoms with Gasteiger partial charge in [0, 0.05) is 15.8 Å². The fourth-order valence-electron chi connectivity index (χ4n) is 1.72. The lowest BCUT2D eigenvalue weighted by Crippen LogP contribution is -2.29. The average molecular weight is 303 g/mol. The molecule has 1 aromatic rings. The molecule has 0 heterocycles. The van der Waals surface area contributed by atoms with Gasteiger partial charge >= 0.3 is 5.97 Å². The van der Waals surface area contributed by atoms with E-state index < -0.39 is 16.0 Å². The Morgan fingerprint density at radius 1 is 1.37 bits per heavy atom. The maximum atomic E-state index is 12.3. The van der Waals surface area contributed by atoms with Crippen molar-refractivity contribution in [3.63, 3.8) is 0 Å². The first-order valence-electron chi connectivity index (χ1n) is 6.37. The lowest BCUT2D eigenvalue weighted by molar-refractivity contribution is -0.142. The van der Waals surface area contributed by atoms with Crippen molar-refractivity contribution in [1.29, 1.82) is 0 Å². The van der Waals surface area contributed by atoms with Gasteiger partial charge in [-0.25, -0.2) is 0 Å². The molecule has 0 amide bonds. The highest BCUT2D eigenvalue weighted by Gasteiger charge is 2.26. The second-order valence-corrected chi connectivity index (χ2v) is 6.17. The molecule has 0 N–H and O–H groups in total. The predicted octanol–water partition coefficient (Wildman–Crippen LogP) is 3.32. The summed E-state index contributed by atoms with van der Waals surface area (Å²) in [7, 11) is -1.31. The van der Waals surface area contributed by atoms with E-state index in [1.54, 1.807) is 13.0 Å². The number of benzene rings is 1. The molecule has 0 aliphatic heterocycles. The third-order valence-electron chi connectivity index (χ3n) is 2.67. The van der Waals surface area contributed by atoms with Crippen LogP contribution in [0.1, 0.15) is 32.3 Å². The lowest BCUT2D eigenvalue weighted by Gasteiger charge is -2.14. The fourth-order valence-corrected chi connectivity index (χ4v) is 3.55. The Balaban J connectivity index is 2.77. The number of carbonyl (C=O) groups excluding carboxylic acids is 1. The summed E-state index contributed by atoms with van der Waals surface area (Å²) in [6.07, 6.45) is 1.35. The molecule has 5 heteroatoms. The second-order valence-electron chi connectivity index (χ2n) is 4.15. The summed E-state index contributed by atoms with van der Waals surface area (Å²) in [4.78, 5) is 11.8. The minimum absolute atomic E-state index is 0.281. The normalized spacial score (nSPS) is 13.8. The topological polar surface area (TPSA) is 43.4 Å². The van der Waals surface area contributed by atoms with Crippen LogP contribution in [0.4, 0.5) is 0 Å². The molecular weight excluding hydrogens is 284 g/mol. The summed E-state index contributed by atoms with van der Waals surface area (Å²) in [6, 6.07) is 7.25. The summed E-state index contributed by atoms with van der Waals surface area (Å²) in [5.41, 5.74) is 0.799. The highest BCUT2D eigenvalue weighted by Crippen LogP contribution is 2.19. The summed E-state index contributed by atoms with van der Waals surface area (Å²) in [5, 5.41) is 0.0104. The zero-order valence-electron chi connectivity index (χ0n) is 11.2. The van der Waals surface area contributed by atoms with E-state index in [-0.39, 0.29) is 11.7 Å². The van der Waals surface area contributed by atoms with Crippen LogP contribution in [0.3, 0.4) is 0 Å². The molecule has 0 aliphatic carbocycles. The average Bonchev–Trinajstić information content (AvgIpc) is 2.38. The second kappa shape index (κ2) is 8.33. The molecule has 1 aromatic carbocycles. The molecule has 0 aliphatic rings. The number of halogens is 1. The molecule has 1 rings (SSSR count). The number of carbonyl (C=O) groups is 1. The van der Waals surface area contributed by atoms with Crippen molar-refractivity contribution in [3.8, 4) is 0 Å². The van der Waals surface area contributed by atoms with E-state index in [2.05, 4.69) is 0 Å². The molecular formula is C14H19ClO3S. The highest BCUT2D eigenvalue weighted by atomic mass is 35.5. The minimum Gasteiger partial charge on any atom is -0.465 e. The summed E-state index contributed by atoms with van der Waals surface area (Å²) < 4.78 is 17.3. The van der Waals surface area contributed by atoms with Crippen LogP contribution in [0.15, 0.2) is 24.3 Å². The van der Waals surface area contributed by atoms with Crippen molar-refractivity contribution in [2.45, 2.75) is 37.7 Å². The first-order valence-corrected chi connectivity index (χ1v) is 8.13. The van der Waals surface area contributed by atoms with Crippen LogP contribution in [0, 0.1) is 0 Å². The first kappa shape index (κ1) is 16.2. The third kappa shape index (κ3) is 4.96. The maximum Gasteiger partial charge on any atom is 0.321 e. The molecule has 2 atom stereocenters. The van der Waals surface area contributed by atoms with Crippen molar-refractivity contribution in [1.82, 2.24) is 0 Å². The Labute approximate surface area is 121 Å². The van der Waals surface area contributed by atoms with E-state index in [0.29, 0.717) is 18.1 Å². The molecule has 0 aromatic heterocycles. The van der Waals surface area contributed by atoms with Gasteiger partial charge in [0.1, 0.15) is 5.25 Å². The van der Waals surface area contributed by atoms with Gasteiger partial charge in [0.15, 0.2) is 0 Å². The summed E-state index contributed by atoms with van der Waals surface area (Å²) >= 11 is 6.04. The van der Waals surface area contributed by atoms with Crippen molar-refractivity contribution in [3.05, 3.63) is 34.9 Å². The van der Waals surface area contributed by atoms with Crippen molar-refractivity contribution >= 4 is 28.4 Å². The SMILES string of the molecule is CCCC(C(=O)OCC)S(=O)Cc1ccccc1Cl. The molecule has 0 spiro atoms. The van der Waals surface area contributed by atoms with Gasteiger partial charge in [-0.1, -0.05) is 43.1 Å². The van der Waals surface area contributed by atoms with Gasteiger partial charge in [0.25, 0.3) is 0 Å². The molecule has 0 bridgehead atoms. The van der Waals surface area contributed by atoms with E-state index in [0.717, 1.165) is 12.0 Å². The third-order valence-corrected chi connectivity index (χ3v) is 4.70. The number of hydrogen-bond donors (Lipinski definition) is 0. The highest BCUT2D eigenvalue weighted by molar-refractivity contribution is 7.85. The number of rotatable bonds is 7. The molecule has 0 radical (unpaired) electrons. The number of hydrogen-bond acceptors (Lipinski definition) is 3. The van der Waals surface area contributed by atoms with E-state index >= 15 is 0 Å². The first-order chi connectivity index (χ1) is 9.10. The number of esters is 1. The Hall–Kier alpha value is -0.870. The molecule has 0 fully saturated rings. The Kier molecular flexibility index (Phi) is 7.10. The van der Waals surface area contributed by atoms with Crippen LogP contribution >= 0.6 is 11.6 Å². The van der Waals surface area contributed by atoms with E-state index in [4.69, 9.17) is 16.3 Å². The zero-order chi connectivity index (χ0) is 14.3. The van der Waals surface area contributed by atoms with Crippen molar-refractivity contribution in [2.24, 2.45) is 0 Å². The van der Waals surface area contributed by atoms with Gasteiger partial charge in [0.05, 0.1) is 12.4 Å². The van der Waals surface area contributed by atoms with Crippen LogP contribution in [-0.2, 0) is 26.1 Å². The van der Waals surface area contributed by atoms with Gasteiger partial charge in [0.2, 0.25) is 0 Å². The van der Waals surface area contributed by atoms with Crippen molar-refractivity contribution in [2.75, 3.05) is 6.61 Å². The van der Waals surface area contributed by atoms with Crippen LogP contribution in [0.25, 0.3) is 0 Å².